The fourth-order valence-electron chi connectivity index (χ4n) is 3.37. The number of rotatable bonds is 7. The summed E-state index contributed by atoms with van der Waals surface area (Å²) >= 11 is 6.83. The molecule has 1 heterocycles. The van der Waals surface area contributed by atoms with Crippen LogP contribution in [-0.2, 0) is 0 Å². The van der Waals surface area contributed by atoms with Crippen molar-refractivity contribution in [1.82, 2.24) is 4.98 Å². The molecule has 0 atom stereocenters. The maximum absolute atomic E-state index is 13.1. The van der Waals surface area contributed by atoms with Gasteiger partial charge in [-0.1, -0.05) is 68.3 Å². The first-order valence-electron chi connectivity index (χ1n) is 10.9. The van der Waals surface area contributed by atoms with Crippen LogP contribution in [0.3, 0.4) is 0 Å². The first kappa shape index (κ1) is 23.6. The fourth-order valence-corrected chi connectivity index (χ4v) is 3.74. The van der Waals surface area contributed by atoms with E-state index in [2.05, 4.69) is 43.3 Å². The molecule has 5 heteroatoms. The SMILES string of the molecule is CCC(C)=C(C)c1c(Nc2ccccc2)ncc(C(=O)Nc2ccc(C(C)C)cc2)c1Cl. The summed E-state index contributed by atoms with van der Waals surface area (Å²) in [4.78, 5) is 17.6. The highest BCUT2D eigenvalue weighted by Crippen LogP contribution is 2.36. The minimum absolute atomic E-state index is 0.283. The lowest BCUT2D eigenvalue weighted by Gasteiger charge is -2.17. The maximum atomic E-state index is 13.1. The number of para-hydroxylation sites is 1. The highest BCUT2D eigenvalue weighted by atomic mass is 35.5. The third-order valence-electron chi connectivity index (χ3n) is 5.68. The van der Waals surface area contributed by atoms with Gasteiger partial charge in [-0.3, -0.25) is 4.79 Å². The lowest BCUT2D eigenvalue weighted by atomic mass is 9.99. The zero-order chi connectivity index (χ0) is 23.3. The van der Waals surface area contributed by atoms with Crippen molar-refractivity contribution >= 4 is 40.3 Å². The maximum Gasteiger partial charge on any atom is 0.258 e. The van der Waals surface area contributed by atoms with Crippen LogP contribution < -0.4 is 10.6 Å². The molecule has 2 N–H and O–H groups in total. The van der Waals surface area contributed by atoms with Crippen LogP contribution in [0.25, 0.3) is 5.57 Å². The van der Waals surface area contributed by atoms with Crippen LogP contribution in [0.1, 0.15) is 68.4 Å². The molecule has 2 aromatic carbocycles. The van der Waals surface area contributed by atoms with Gasteiger partial charge in [0.1, 0.15) is 5.82 Å². The molecule has 4 nitrogen and oxygen atoms in total. The van der Waals surface area contributed by atoms with Gasteiger partial charge in [0.05, 0.1) is 10.6 Å². The van der Waals surface area contributed by atoms with E-state index in [0.717, 1.165) is 28.9 Å². The first-order chi connectivity index (χ1) is 15.3. The van der Waals surface area contributed by atoms with Crippen LogP contribution in [0.5, 0.6) is 0 Å². The van der Waals surface area contributed by atoms with Crippen molar-refractivity contribution in [1.29, 1.82) is 0 Å². The second-order valence-electron chi connectivity index (χ2n) is 8.19. The van der Waals surface area contributed by atoms with E-state index in [4.69, 9.17) is 11.6 Å². The zero-order valence-electron chi connectivity index (χ0n) is 19.3. The smallest absolute Gasteiger partial charge is 0.258 e. The Morgan fingerprint density at radius 2 is 1.66 bits per heavy atom. The standard InChI is InChI=1S/C27H30ClN3O/c1-6-18(4)19(5)24-25(28)23(16-29-26(24)30-21-10-8-7-9-11-21)27(32)31-22-14-12-20(13-15-22)17(2)3/h7-17H,6H2,1-5H3,(H,29,30)(H,31,32). The van der Waals surface area contributed by atoms with Gasteiger partial charge in [-0.25, -0.2) is 4.98 Å². The molecule has 0 saturated carbocycles. The molecule has 1 amide bonds. The molecule has 0 radical (unpaired) electrons. The summed E-state index contributed by atoms with van der Waals surface area (Å²) < 4.78 is 0. The minimum Gasteiger partial charge on any atom is -0.340 e. The lowest BCUT2D eigenvalue weighted by Crippen LogP contribution is -2.14. The monoisotopic (exact) mass is 447 g/mol. The Kier molecular flexibility index (Phi) is 7.70. The van der Waals surface area contributed by atoms with Gasteiger partial charge in [0.2, 0.25) is 0 Å². The number of nitrogens with zero attached hydrogens (tertiary/aromatic N) is 1. The van der Waals surface area contributed by atoms with Crippen LogP contribution in [0.4, 0.5) is 17.2 Å². The summed E-state index contributed by atoms with van der Waals surface area (Å²) in [6, 6.07) is 17.7. The number of halogens is 1. The van der Waals surface area contributed by atoms with Crippen molar-refractivity contribution < 1.29 is 4.79 Å². The zero-order valence-corrected chi connectivity index (χ0v) is 20.0. The van der Waals surface area contributed by atoms with Crippen molar-refractivity contribution in [3.8, 4) is 0 Å². The first-order valence-corrected chi connectivity index (χ1v) is 11.3. The fraction of sp³-hybridized carbons (Fsp3) is 0.259. The average molecular weight is 448 g/mol. The Morgan fingerprint density at radius 1 is 1.00 bits per heavy atom. The van der Waals surface area contributed by atoms with Crippen molar-refractivity contribution in [3.05, 3.63) is 88.1 Å². The number of anilines is 3. The summed E-state index contributed by atoms with van der Waals surface area (Å²) in [5.41, 5.74) is 6.14. The molecule has 0 unspecified atom stereocenters. The number of allylic oxidation sites excluding steroid dienone is 2. The van der Waals surface area contributed by atoms with Crippen LogP contribution in [0.2, 0.25) is 5.02 Å². The molecule has 3 aromatic rings. The van der Waals surface area contributed by atoms with E-state index in [1.54, 1.807) is 0 Å². The highest BCUT2D eigenvalue weighted by Gasteiger charge is 2.20. The van der Waals surface area contributed by atoms with Crippen LogP contribution in [0, 0.1) is 0 Å². The molecule has 0 saturated heterocycles. The molecule has 0 fully saturated rings. The van der Waals surface area contributed by atoms with Crippen molar-refractivity contribution in [2.24, 2.45) is 0 Å². The molecule has 0 aliphatic carbocycles. The van der Waals surface area contributed by atoms with E-state index in [1.807, 2.05) is 61.5 Å². The average Bonchev–Trinajstić information content (AvgIpc) is 2.79. The van der Waals surface area contributed by atoms with Crippen molar-refractivity contribution in [2.45, 2.75) is 47.0 Å². The Labute approximate surface area is 195 Å². The normalized spacial score (nSPS) is 11.8. The number of carbonyl (C=O) groups excluding carboxylic acids is 1. The summed E-state index contributed by atoms with van der Waals surface area (Å²) in [7, 11) is 0. The van der Waals surface area contributed by atoms with Gasteiger partial charge < -0.3 is 10.6 Å². The predicted octanol–water partition coefficient (Wildman–Crippen LogP) is 8.06. The summed E-state index contributed by atoms with van der Waals surface area (Å²) in [5.74, 6) is 0.778. The molecule has 0 spiro atoms. The van der Waals surface area contributed by atoms with E-state index in [9.17, 15) is 4.79 Å². The van der Waals surface area contributed by atoms with Gasteiger partial charge in [-0.05, 0) is 61.6 Å². The number of benzene rings is 2. The molecular formula is C27H30ClN3O. The number of aromatic nitrogens is 1. The molecule has 32 heavy (non-hydrogen) atoms. The molecule has 0 aliphatic rings. The minimum atomic E-state index is -0.283. The number of hydrogen-bond acceptors (Lipinski definition) is 3. The topological polar surface area (TPSA) is 54.0 Å². The van der Waals surface area contributed by atoms with Gasteiger partial charge in [0, 0.05) is 23.1 Å². The van der Waals surface area contributed by atoms with Crippen LogP contribution >= 0.6 is 11.6 Å². The van der Waals surface area contributed by atoms with Gasteiger partial charge in [0.25, 0.3) is 5.91 Å². The number of amides is 1. The Bertz CT molecular complexity index is 1120. The molecular weight excluding hydrogens is 418 g/mol. The second kappa shape index (κ2) is 10.5. The summed E-state index contributed by atoms with van der Waals surface area (Å²) in [6.45, 7) is 10.5. The third-order valence-corrected chi connectivity index (χ3v) is 6.07. The van der Waals surface area contributed by atoms with Gasteiger partial charge in [-0.15, -0.1) is 0 Å². The Hall–Kier alpha value is -3.11. The molecule has 0 aliphatic heterocycles. The Balaban J connectivity index is 1.98. The summed E-state index contributed by atoms with van der Waals surface area (Å²) in [5, 5.41) is 6.68. The largest absolute Gasteiger partial charge is 0.340 e. The third kappa shape index (κ3) is 5.38. The quantitative estimate of drug-likeness (QED) is 0.385. The number of carbonyl (C=O) groups is 1. The van der Waals surface area contributed by atoms with Crippen molar-refractivity contribution in [3.63, 3.8) is 0 Å². The number of nitrogens with one attached hydrogen (secondary N) is 2. The summed E-state index contributed by atoms with van der Waals surface area (Å²) in [6.07, 6.45) is 2.41. The Morgan fingerprint density at radius 3 is 2.25 bits per heavy atom. The second-order valence-corrected chi connectivity index (χ2v) is 8.57. The number of hydrogen-bond donors (Lipinski definition) is 2. The van der Waals surface area contributed by atoms with Crippen LogP contribution in [0.15, 0.2) is 66.4 Å². The molecule has 0 bridgehead atoms. The number of pyridine rings is 1. The molecule has 1 aromatic heterocycles. The van der Waals surface area contributed by atoms with E-state index < -0.39 is 0 Å². The van der Waals surface area contributed by atoms with E-state index >= 15 is 0 Å². The van der Waals surface area contributed by atoms with Gasteiger partial charge in [0.15, 0.2) is 0 Å². The van der Waals surface area contributed by atoms with E-state index in [0.29, 0.717) is 22.3 Å². The molecule has 3 rings (SSSR count). The molecule has 166 valence electrons. The van der Waals surface area contributed by atoms with Crippen LogP contribution in [-0.4, -0.2) is 10.9 Å². The highest BCUT2D eigenvalue weighted by molar-refractivity contribution is 6.36. The van der Waals surface area contributed by atoms with Crippen molar-refractivity contribution in [2.75, 3.05) is 10.6 Å². The van der Waals surface area contributed by atoms with Gasteiger partial charge >= 0.3 is 0 Å². The van der Waals surface area contributed by atoms with Gasteiger partial charge in [-0.2, -0.15) is 0 Å². The van der Waals surface area contributed by atoms with E-state index in [-0.39, 0.29) is 5.91 Å². The lowest BCUT2D eigenvalue weighted by molar-refractivity contribution is 0.102. The predicted molar refractivity (Wildman–Crippen MR) is 136 cm³/mol. The van der Waals surface area contributed by atoms with E-state index in [1.165, 1.54) is 17.3 Å².